The van der Waals surface area contributed by atoms with E-state index in [0.717, 1.165) is 18.4 Å². The van der Waals surface area contributed by atoms with Crippen molar-refractivity contribution in [1.29, 1.82) is 0 Å². The van der Waals surface area contributed by atoms with Crippen molar-refractivity contribution in [2.75, 3.05) is 29.9 Å². The van der Waals surface area contributed by atoms with Crippen LogP contribution in [-0.2, 0) is 26.0 Å². The third kappa shape index (κ3) is 4.10. The zero-order chi connectivity index (χ0) is 19.6. The van der Waals surface area contributed by atoms with Gasteiger partial charge in [-0.2, -0.15) is 0 Å². The van der Waals surface area contributed by atoms with Gasteiger partial charge in [0.05, 0.1) is 10.6 Å². The van der Waals surface area contributed by atoms with E-state index in [0.29, 0.717) is 28.5 Å². The molecule has 27 heavy (non-hydrogen) atoms. The monoisotopic (exact) mass is 408 g/mol. The molecule has 6 nitrogen and oxygen atoms in total. The molecule has 0 fully saturated rings. The normalized spacial score (nSPS) is 14.0. The van der Waals surface area contributed by atoms with Crippen LogP contribution in [0.15, 0.2) is 41.3 Å². The number of carbonyl (C=O) groups is 1. The fourth-order valence-electron chi connectivity index (χ4n) is 3.19. The molecule has 0 saturated heterocycles. The molecule has 0 aliphatic carbocycles. The number of nitrogens with zero attached hydrogens (tertiary/aromatic N) is 1. The highest BCUT2D eigenvalue weighted by molar-refractivity contribution is 7.92. The van der Waals surface area contributed by atoms with Gasteiger partial charge in [0, 0.05) is 24.4 Å². The second-order valence-electron chi connectivity index (χ2n) is 6.39. The Labute approximate surface area is 164 Å². The summed E-state index contributed by atoms with van der Waals surface area (Å²) in [6, 6.07) is 10.0. The number of rotatable bonds is 5. The third-order valence-electron chi connectivity index (χ3n) is 4.53. The lowest BCUT2D eigenvalue weighted by atomic mass is 10.0. The first kappa shape index (κ1) is 19.7. The molecule has 2 aromatic rings. The SMILES string of the molecule is COCC(=O)N1CCCc2ccc(NS(=O)(=O)c3cccc(Cl)c3C)cc21. The number of carbonyl (C=O) groups excluding carboxylic acids is 1. The highest BCUT2D eigenvalue weighted by atomic mass is 35.5. The second-order valence-corrected chi connectivity index (χ2v) is 8.45. The molecular formula is C19H21ClN2O4S. The van der Waals surface area contributed by atoms with Crippen LogP contribution in [0, 0.1) is 6.92 Å². The molecule has 0 atom stereocenters. The number of fused-ring (bicyclic) bond motifs is 1. The summed E-state index contributed by atoms with van der Waals surface area (Å²) in [6.07, 6.45) is 1.70. The number of amides is 1. The zero-order valence-electron chi connectivity index (χ0n) is 15.2. The van der Waals surface area contributed by atoms with Crippen LogP contribution in [0.1, 0.15) is 17.5 Å². The molecule has 1 aliphatic heterocycles. The largest absolute Gasteiger partial charge is 0.375 e. The third-order valence-corrected chi connectivity index (χ3v) is 6.47. The van der Waals surface area contributed by atoms with E-state index in [1.807, 2.05) is 6.07 Å². The van der Waals surface area contributed by atoms with Crippen LogP contribution < -0.4 is 9.62 Å². The predicted octanol–water partition coefficient (Wildman–Crippen LogP) is 3.37. The summed E-state index contributed by atoms with van der Waals surface area (Å²) >= 11 is 6.05. The highest BCUT2D eigenvalue weighted by Crippen LogP contribution is 2.32. The van der Waals surface area contributed by atoms with E-state index in [1.54, 1.807) is 36.1 Å². The molecule has 8 heteroatoms. The Morgan fingerprint density at radius 2 is 2.07 bits per heavy atom. The minimum absolute atomic E-state index is 0.0168. The molecule has 1 N–H and O–H groups in total. The molecule has 144 valence electrons. The summed E-state index contributed by atoms with van der Waals surface area (Å²) in [4.78, 5) is 14.1. The van der Waals surface area contributed by atoms with Crippen LogP contribution in [0.4, 0.5) is 11.4 Å². The molecule has 1 amide bonds. The quantitative estimate of drug-likeness (QED) is 0.822. The number of hydrogen-bond donors (Lipinski definition) is 1. The maximum Gasteiger partial charge on any atom is 0.262 e. The van der Waals surface area contributed by atoms with Crippen molar-refractivity contribution in [1.82, 2.24) is 0 Å². The summed E-state index contributed by atoms with van der Waals surface area (Å²) in [6.45, 7) is 2.23. The first-order chi connectivity index (χ1) is 12.8. The zero-order valence-corrected chi connectivity index (χ0v) is 16.7. The average Bonchev–Trinajstić information content (AvgIpc) is 2.63. The first-order valence-electron chi connectivity index (χ1n) is 8.53. The van der Waals surface area contributed by atoms with Gasteiger partial charge in [-0.25, -0.2) is 8.42 Å². The number of sulfonamides is 1. The Morgan fingerprint density at radius 3 is 2.81 bits per heavy atom. The maximum absolute atomic E-state index is 12.8. The highest BCUT2D eigenvalue weighted by Gasteiger charge is 2.24. The molecule has 0 unspecified atom stereocenters. The van der Waals surface area contributed by atoms with E-state index in [9.17, 15) is 13.2 Å². The van der Waals surface area contributed by atoms with Crippen molar-refractivity contribution < 1.29 is 17.9 Å². The van der Waals surface area contributed by atoms with Gasteiger partial charge in [0.15, 0.2) is 0 Å². The minimum Gasteiger partial charge on any atom is -0.375 e. The Kier molecular flexibility index (Phi) is 5.74. The van der Waals surface area contributed by atoms with Crippen molar-refractivity contribution >= 4 is 38.9 Å². The van der Waals surface area contributed by atoms with E-state index >= 15 is 0 Å². The summed E-state index contributed by atoms with van der Waals surface area (Å²) in [5.41, 5.74) is 2.60. The van der Waals surface area contributed by atoms with Gasteiger partial charge in [-0.1, -0.05) is 23.7 Å². The molecule has 1 heterocycles. The van der Waals surface area contributed by atoms with Gasteiger partial charge in [0.25, 0.3) is 15.9 Å². The molecule has 2 aromatic carbocycles. The van der Waals surface area contributed by atoms with Crippen LogP contribution in [-0.4, -0.2) is 34.6 Å². The van der Waals surface area contributed by atoms with Gasteiger partial charge in [0.1, 0.15) is 6.61 Å². The first-order valence-corrected chi connectivity index (χ1v) is 10.4. The van der Waals surface area contributed by atoms with E-state index in [2.05, 4.69) is 4.72 Å². The van der Waals surface area contributed by atoms with E-state index < -0.39 is 10.0 Å². The maximum atomic E-state index is 12.8. The van der Waals surface area contributed by atoms with Crippen LogP contribution in [0.2, 0.25) is 5.02 Å². The summed E-state index contributed by atoms with van der Waals surface area (Å²) in [5.74, 6) is -0.149. The van der Waals surface area contributed by atoms with Crippen LogP contribution in [0.3, 0.4) is 0 Å². The number of halogens is 1. The van der Waals surface area contributed by atoms with Crippen LogP contribution in [0.25, 0.3) is 0 Å². The van der Waals surface area contributed by atoms with Gasteiger partial charge < -0.3 is 9.64 Å². The van der Waals surface area contributed by atoms with Crippen molar-refractivity contribution in [2.45, 2.75) is 24.7 Å². The molecule has 0 bridgehead atoms. The Bertz CT molecular complexity index is 976. The Morgan fingerprint density at radius 1 is 1.30 bits per heavy atom. The molecular weight excluding hydrogens is 388 g/mol. The van der Waals surface area contributed by atoms with Gasteiger partial charge >= 0.3 is 0 Å². The van der Waals surface area contributed by atoms with Gasteiger partial charge in [-0.15, -0.1) is 0 Å². The van der Waals surface area contributed by atoms with Crippen molar-refractivity contribution in [2.24, 2.45) is 0 Å². The number of methoxy groups -OCH3 is 1. The topological polar surface area (TPSA) is 75.7 Å². The van der Waals surface area contributed by atoms with E-state index in [4.69, 9.17) is 16.3 Å². The summed E-state index contributed by atoms with van der Waals surface area (Å²) in [7, 11) is -2.33. The summed E-state index contributed by atoms with van der Waals surface area (Å²) in [5, 5.41) is 0.389. The van der Waals surface area contributed by atoms with Crippen molar-refractivity contribution in [3.63, 3.8) is 0 Å². The Balaban J connectivity index is 1.94. The summed E-state index contributed by atoms with van der Waals surface area (Å²) < 4.78 is 33.1. The fourth-order valence-corrected chi connectivity index (χ4v) is 4.74. The minimum atomic E-state index is -3.80. The van der Waals surface area contributed by atoms with Gasteiger partial charge in [-0.3, -0.25) is 9.52 Å². The molecule has 0 spiro atoms. The number of hydrogen-bond acceptors (Lipinski definition) is 4. The van der Waals surface area contributed by atoms with Gasteiger partial charge in [0.2, 0.25) is 0 Å². The lowest BCUT2D eigenvalue weighted by Gasteiger charge is -2.30. The van der Waals surface area contributed by atoms with Crippen LogP contribution >= 0.6 is 11.6 Å². The van der Waals surface area contributed by atoms with E-state index in [-0.39, 0.29) is 17.4 Å². The van der Waals surface area contributed by atoms with Crippen LogP contribution in [0.5, 0.6) is 0 Å². The number of aryl methyl sites for hydroxylation is 1. The number of ether oxygens (including phenoxy) is 1. The van der Waals surface area contributed by atoms with E-state index in [1.165, 1.54) is 13.2 Å². The fraction of sp³-hybridized carbons (Fsp3) is 0.316. The predicted molar refractivity (Wildman–Crippen MR) is 106 cm³/mol. The van der Waals surface area contributed by atoms with Crippen molar-refractivity contribution in [3.05, 3.63) is 52.5 Å². The van der Waals surface area contributed by atoms with Gasteiger partial charge in [-0.05, 0) is 55.2 Å². The van der Waals surface area contributed by atoms with Crippen molar-refractivity contribution in [3.8, 4) is 0 Å². The number of anilines is 2. The standard InChI is InChI=1S/C19H21ClN2O4S/c1-13-16(20)6-3-7-18(13)27(24,25)21-15-9-8-14-5-4-10-22(17(14)11-15)19(23)12-26-2/h3,6-9,11,21H,4-5,10,12H2,1-2H3. The molecule has 1 aliphatic rings. The second kappa shape index (κ2) is 7.88. The number of benzene rings is 2. The number of nitrogens with one attached hydrogen (secondary N) is 1. The lowest BCUT2D eigenvalue weighted by molar-refractivity contribution is -0.122. The molecule has 0 aromatic heterocycles. The molecule has 0 radical (unpaired) electrons. The molecule has 3 rings (SSSR count). The average molecular weight is 409 g/mol. The molecule has 0 saturated carbocycles. The Hall–Kier alpha value is -2.09. The lowest BCUT2D eigenvalue weighted by Crippen LogP contribution is -2.37. The smallest absolute Gasteiger partial charge is 0.262 e.